The Morgan fingerprint density at radius 1 is 1.43 bits per heavy atom. The van der Waals surface area contributed by atoms with Crippen molar-refractivity contribution in [1.82, 2.24) is 9.78 Å². The molecule has 1 aromatic carbocycles. The predicted octanol–water partition coefficient (Wildman–Crippen LogP) is 0.988. The Balaban J connectivity index is 1.63. The first-order chi connectivity index (χ1) is 10.2. The molecule has 1 aromatic heterocycles. The first kappa shape index (κ1) is 13.8. The third kappa shape index (κ3) is 3.12. The lowest BCUT2D eigenvalue weighted by molar-refractivity contribution is -0.121. The average Bonchev–Trinajstić information content (AvgIpc) is 3.13. The van der Waals surface area contributed by atoms with Crippen LogP contribution in [0.1, 0.15) is 12.0 Å². The lowest BCUT2D eigenvalue weighted by atomic mass is 9.99. The molecule has 1 amide bonds. The number of carbonyl (C=O) groups is 1. The zero-order valence-electron chi connectivity index (χ0n) is 11.7. The molecule has 6 nitrogen and oxygen atoms in total. The van der Waals surface area contributed by atoms with Gasteiger partial charge in [-0.2, -0.15) is 5.10 Å². The Kier molecular flexibility index (Phi) is 3.72. The molecular formula is C15H18N4O2. The minimum Gasteiger partial charge on any atom is -0.379 e. The van der Waals surface area contributed by atoms with Crippen LogP contribution in [0.5, 0.6) is 0 Å². The first-order valence-electron chi connectivity index (χ1n) is 6.90. The van der Waals surface area contributed by atoms with Crippen molar-refractivity contribution in [2.75, 3.05) is 18.5 Å². The molecule has 110 valence electrons. The largest absolute Gasteiger partial charge is 0.379 e. The Morgan fingerprint density at radius 2 is 2.24 bits per heavy atom. The second kappa shape index (κ2) is 5.67. The van der Waals surface area contributed by atoms with E-state index in [1.165, 1.54) is 0 Å². The van der Waals surface area contributed by atoms with E-state index >= 15 is 0 Å². The summed E-state index contributed by atoms with van der Waals surface area (Å²) in [6, 6.07) is 9.56. The topological polar surface area (TPSA) is 82.2 Å². The number of nitrogens with one attached hydrogen (secondary N) is 1. The Morgan fingerprint density at radius 3 is 2.86 bits per heavy atom. The van der Waals surface area contributed by atoms with Crippen molar-refractivity contribution in [3.8, 4) is 0 Å². The highest BCUT2D eigenvalue weighted by molar-refractivity contribution is 5.98. The molecule has 0 bridgehead atoms. The first-order valence-corrected chi connectivity index (χ1v) is 6.90. The van der Waals surface area contributed by atoms with Gasteiger partial charge >= 0.3 is 0 Å². The van der Waals surface area contributed by atoms with Crippen molar-refractivity contribution >= 4 is 11.6 Å². The number of carbonyl (C=O) groups excluding carboxylic acids is 1. The van der Waals surface area contributed by atoms with Gasteiger partial charge in [-0.3, -0.25) is 9.48 Å². The predicted molar refractivity (Wildman–Crippen MR) is 78.8 cm³/mol. The quantitative estimate of drug-likeness (QED) is 0.878. The molecule has 1 aliphatic heterocycles. The van der Waals surface area contributed by atoms with Gasteiger partial charge in [0.2, 0.25) is 5.91 Å². The molecule has 1 fully saturated rings. The van der Waals surface area contributed by atoms with Gasteiger partial charge in [-0.15, -0.1) is 0 Å². The maximum atomic E-state index is 12.1. The van der Waals surface area contributed by atoms with Crippen molar-refractivity contribution in [3.63, 3.8) is 0 Å². The van der Waals surface area contributed by atoms with Crippen LogP contribution in [0.3, 0.4) is 0 Å². The molecule has 6 heteroatoms. The van der Waals surface area contributed by atoms with Crippen LogP contribution in [0, 0.1) is 0 Å². The number of amides is 1. The van der Waals surface area contributed by atoms with E-state index in [4.69, 9.17) is 10.5 Å². The zero-order valence-corrected chi connectivity index (χ0v) is 11.7. The number of nitrogens with two attached hydrogens (primary N) is 1. The summed E-state index contributed by atoms with van der Waals surface area (Å²) in [5.41, 5.74) is 6.96. The summed E-state index contributed by atoms with van der Waals surface area (Å²) in [4.78, 5) is 12.1. The summed E-state index contributed by atoms with van der Waals surface area (Å²) in [6.07, 6.45) is 4.21. The minimum absolute atomic E-state index is 0.195. The van der Waals surface area contributed by atoms with Crippen LogP contribution in [-0.4, -0.2) is 34.4 Å². The highest BCUT2D eigenvalue weighted by Crippen LogP contribution is 2.18. The fraction of sp³-hybridized carbons (Fsp3) is 0.333. The van der Waals surface area contributed by atoms with E-state index < -0.39 is 5.54 Å². The standard InChI is InChI=1S/C15H18N4O2/c16-15(6-9-21-11-15)14(20)18-13-4-2-12(3-5-13)10-19-8-1-7-17-19/h1-5,7-8H,6,9-11,16H2,(H,18,20). The molecular weight excluding hydrogens is 268 g/mol. The maximum absolute atomic E-state index is 12.1. The van der Waals surface area contributed by atoms with Gasteiger partial charge in [-0.25, -0.2) is 0 Å². The molecule has 0 aliphatic carbocycles. The van der Waals surface area contributed by atoms with Crippen LogP contribution in [-0.2, 0) is 16.1 Å². The van der Waals surface area contributed by atoms with E-state index in [9.17, 15) is 4.79 Å². The number of nitrogens with zero attached hydrogens (tertiary/aromatic N) is 2. The SMILES string of the molecule is NC1(C(=O)Nc2ccc(Cn3cccn3)cc2)CCOC1. The van der Waals surface area contributed by atoms with Gasteiger partial charge in [0.05, 0.1) is 13.2 Å². The third-order valence-electron chi connectivity index (χ3n) is 3.62. The Bertz CT molecular complexity index is 601. The Hall–Kier alpha value is -2.18. The normalized spacial score (nSPS) is 21.4. The third-order valence-corrected chi connectivity index (χ3v) is 3.62. The number of anilines is 1. The van der Waals surface area contributed by atoms with Crippen molar-refractivity contribution < 1.29 is 9.53 Å². The lowest BCUT2D eigenvalue weighted by Crippen LogP contribution is -2.51. The molecule has 0 saturated carbocycles. The van der Waals surface area contributed by atoms with Gasteiger partial charge in [0, 0.05) is 24.7 Å². The van der Waals surface area contributed by atoms with E-state index in [0.29, 0.717) is 19.6 Å². The van der Waals surface area contributed by atoms with Crippen molar-refractivity contribution in [2.24, 2.45) is 5.73 Å². The summed E-state index contributed by atoms with van der Waals surface area (Å²) in [6.45, 7) is 1.51. The maximum Gasteiger partial charge on any atom is 0.246 e. The molecule has 3 N–H and O–H groups in total. The summed E-state index contributed by atoms with van der Waals surface area (Å²) in [5.74, 6) is -0.195. The number of hydrogen-bond acceptors (Lipinski definition) is 4. The molecule has 21 heavy (non-hydrogen) atoms. The molecule has 1 aliphatic rings. The molecule has 1 atom stereocenters. The van der Waals surface area contributed by atoms with Crippen LogP contribution < -0.4 is 11.1 Å². The number of hydrogen-bond donors (Lipinski definition) is 2. The van der Waals surface area contributed by atoms with Crippen molar-refractivity contribution in [2.45, 2.75) is 18.5 Å². The number of benzene rings is 1. The van der Waals surface area contributed by atoms with Gasteiger partial charge in [0.1, 0.15) is 5.54 Å². The van der Waals surface area contributed by atoms with E-state index in [1.807, 2.05) is 41.2 Å². The van der Waals surface area contributed by atoms with E-state index in [-0.39, 0.29) is 12.5 Å². The van der Waals surface area contributed by atoms with Crippen LogP contribution in [0.25, 0.3) is 0 Å². The monoisotopic (exact) mass is 286 g/mol. The van der Waals surface area contributed by atoms with Crippen molar-refractivity contribution in [3.05, 3.63) is 48.3 Å². The summed E-state index contributed by atoms with van der Waals surface area (Å²) in [7, 11) is 0. The highest BCUT2D eigenvalue weighted by atomic mass is 16.5. The second-order valence-corrected chi connectivity index (χ2v) is 5.31. The number of aromatic nitrogens is 2. The van der Waals surface area contributed by atoms with E-state index in [0.717, 1.165) is 11.3 Å². The lowest BCUT2D eigenvalue weighted by Gasteiger charge is -2.20. The zero-order chi connectivity index (χ0) is 14.7. The van der Waals surface area contributed by atoms with Gasteiger partial charge < -0.3 is 15.8 Å². The van der Waals surface area contributed by atoms with E-state index in [1.54, 1.807) is 6.20 Å². The van der Waals surface area contributed by atoms with E-state index in [2.05, 4.69) is 10.4 Å². The summed E-state index contributed by atoms with van der Waals surface area (Å²) < 4.78 is 7.05. The average molecular weight is 286 g/mol. The van der Waals surface area contributed by atoms with Gasteiger partial charge in [0.25, 0.3) is 0 Å². The highest BCUT2D eigenvalue weighted by Gasteiger charge is 2.38. The molecule has 0 spiro atoms. The molecule has 1 unspecified atom stereocenters. The molecule has 3 rings (SSSR count). The number of rotatable bonds is 4. The fourth-order valence-corrected chi connectivity index (χ4v) is 2.29. The van der Waals surface area contributed by atoms with Crippen LogP contribution in [0.2, 0.25) is 0 Å². The smallest absolute Gasteiger partial charge is 0.246 e. The summed E-state index contributed by atoms with van der Waals surface area (Å²) >= 11 is 0. The van der Waals surface area contributed by atoms with Crippen LogP contribution >= 0.6 is 0 Å². The fourth-order valence-electron chi connectivity index (χ4n) is 2.29. The molecule has 2 heterocycles. The molecule has 1 saturated heterocycles. The van der Waals surface area contributed by atoms with Gasteiger partial charge in [0.15, 0.2) is 0 Å². The molecule has 0 radical (unpaired) electrons. The second-order valence-electron chi connectivity index (χ2n) is 5.31. The van der Waals surface area contributed by atoms with Crippen molar-refractivity contribution in [1.29, 1.82) is 0 Å². The van der Waals surface area contributed by atoms with Gasteiger partial charge in [-0.1, -0.05) is 12.1 Å². The Labute approximate surface area is 122 Å². The van der Waals surface area contributed by atoms with Crippen LogP contribution in [0.15, 0.2) is 42.7 Å². The number of ether oxygens (including phenoxy) is 1. The molecule has 2 aromatic rings. The van der Waals surface area contributed by atoms with Gasteiger partial charge in [-0.05, 0) is 30.2 Å². The van der Waals surface area contributed by atoms with Crippen LogP contribution in [0.4, 0.5) is 5.69 Å². The summed E-state index contributed by atoms with van der Waals surface area (Å²) in [5, 5.41) is 7.00. The minimum atomic E-state index is -0.909.